The molecule has 1 aromatic rings. The zero-order valence-electron chi connectivity index (χ0n) is 9.76. The van der Waals surface area contributed by atoms with Crippen molar-refractivity contribution in [3.05, 3.63) is 34.6 Å². The van der Waals surface area contributed by atoms with Crippen LogP contribution in [0.2, 0.25) is 5.02 Å². The fourth-order valence-electron chi connectivity index (χ4n) is 1.61. The second kappa shape index (κ2) is 6.18. The summed E-state index contributed by atoms with van der Waals surface area (Å²) in [7, 11) is 3.48. The Balaban J connectivity index is 2.82. The average molecular weight is 246 g/mol. The molecule has 0 fully saturated rings. The normalized spacial score (nSPS) is 14.8. The summed E-state index contributed by atoms with van der Waals surface area (Å²) in [4.78, 5) is 0. The summed E-state index contributed by atoms with van der Waals surface area (Å²) in [6.45, 7) is 1.95. The Morgan fingerprint density at radius 3 is 2.75 bits per heavy atom. The van der Waals surface area contributed by atoms with Crippen LogP contribution in [0, 0.1) is 5.82 Å². The van der Waals surface area contributed by atoms with Gasteiger partial charge in [-0.25, -0.2) is 4.39 Å². The maximum Gasteiger partial charge on any atom is 0.145 e. The van der Waals surface area contributed by atoms with E-state index in [9.17, 15) is 4.39 Å². The molecule has 0 aliphatic carbocycles. The lowest BCUT2D eigenvalue weighted by atomic mass is 10.0. The molecule has 0 amide bonds. The van der Waals surface area contributed by atoms with Crippen molar-refractivity contribution in [2.45, 2.75) is 25.5 Å². The predicted molar refractivity (Wildman–Crippen MR) is 64.4 cm³/mol. The molecule has 1 aromatic carbocycles. The Labute approximate surface area is 101 Å². The number of nitrogens with one attached hydrogen (secondary N) is 1. The molecule has 0 saturated heterocycles. The summed E-state index contributed by atoms with van der Waals surface area (Å²) in [6.07, 6.45) is 0.570. The van der Waals surface area contributed by atoms with Crippen LogP contribution in [-0.4, -0.2) is 26.3 Å². The number of hydrogen-bond donors (Lipinski definition) is 1. The van der Waals surface area contributed by atoms with Crippen molar-refractivity contribution in [2.75, 3.05) is 14.2 Å². The number of methoxy groups -OCH3 is 1. The number of ether oxygens (including phenoxy) is 1. The van der Waals surface area contributed by atoms with Crippen LogP contribution in [0.4, 0.5) is 4.39 Å². The minimum Gasteiger partial charge on any atom is -0.380 e. The van der Waals surface area contributed by atoms with Crippen molar-refractivity contribution in [3.8, 4) is 0 Å². The van der Waals surface area contributed by atoms with Crippen LogP contribution in [-0.2, 0) is 11.2 Å². The molecule has 0 bridgehead atoms. The first-order valence-corrected chi connectivity index (χ1v) is 5.61. The maximum absolute atomic E-state index is 13.7. The highest BCUT2D eigenvalue weighted by molar-refractivity contribution is 6.30. The van der Waals surface area contributed by atoms with Gasteiger partial charge in [0.2, 0.25) is 0 Å². The van der Waals surface area contributed by atoms with Crippen LogP contribution >= 0.6 is 11.6 Å². The molecule has 0 heterocycles. The van der Waals surface area contributed by atoms with E-state index in [2.05, 4.69) is 5.32 Å². The summed E-state index contributed by atoms with van der Waals surface area (Å²) in [5.41, 5.74) is 0.607. The number of benzene rings is 1. The first-order valence-electron chi connectivity index (χ1n) is 5.23. The first-order chi connectivity index (χ1) is 7.60. The second-order valence-electron chi connectivity index (χ2n) is 3.75. The van der Waals surface area contributed by atoms with Gasteiger partial charge in [0.05, 0.1) is 11.1 Å². The molecule has 0 aromatic heterocycles. The molecular formula is C12H17ClFNO. The van der Waals surface area contributed by atoms with E-state index in [-0.39, 0.29) is 23.0 Å². The zero-order valence-corrected chi connectivity index (χ0v) is 10.5. The Kier molecular flexibility index (Phi) is 5.19. The quantitative estimate of drug-likeness (QED) is 0.861. The van der Waals surface area contributed by atoms with Gasteiger partial charge in [0, 0.05) is 13.2 Å². The van der Waals surface area contributed by atoms with Crippen LogP contribution < -0.4 is 5.32 Å². The van der Waals surface area contributed by atoms with Crippen molar-refractivity contribution >= 4 is 11.6 Å². The molecule has 0 radical (unpaired) electrons. The van der Waals surface area contributed by atoms with E-state index in [0.717, 1.165) is 0 Å². The highest BCUT2D eigenvalue weighted by atomic mass is 35.5. The van der Waals surface area contributed by atoms with E-state index in [0.29, 0.717) is 12.0 Å². The average Bonchev–Trinajstić information content (AvgIpc) is 2.30. The third-order valence-electron chi connectivity index (χ3n) is 2.78. The van der Waals surface area contributed by atoms with Crippen LogP contribution in [0.1, 0.15) is 12.5 Å². The highest BCUT2D eigenvalue weighted by Crippen LogP contribution is 2.19. The monoisotopic (exact) mass is 245 g/mol. The number of rotatable bonds is 5. The lowest BCUT2D eigenvalue weighted by Gasteiger charge is -2.22. The van der Waals surface area contributed by atoms with Crippen LogP contribution in [0.25, 0.3) is 0 Å². The molecular weight excluding hydrogens is 229 g/mol. The summed E-state index contributed by atoms with van der Waals surface area (Å²) >= 11 is 5.73. The fourth-order valence-corrected chi connectivity index (χ4v) is 1.80. The van der Waals surface area contributed by atoms with Gasteiger partial charge in [-0.2, -0.15) is 0 Å². The van der Waals surface area contributed by atoms with Crippen molar-refractivity contribution in [3.63, 3.8) is 0 Å². The number of likely N-dealkylation sites (N-methyl/N-ethyl adjacent to an activating group) is 1. The molecule has 1 rings (SSSR count). The third-order valence-corrected chi connectivity index (χ3v) is 3.07. The highest BCUT2D eigenvalue weighted by Gasteiger charge is 2.17. The zero-order chi connectivity index (χ0) is 12.1. The SMILES string of the molecule is CNC(Cc1cccc(Cl)c1F)C(C)OC. The molecule has 16 heavy (non-hydrogen) atoms. The van der Waals surface area contributed by atoms with E-state index >= 15 is 0 Å². The minimum absolute atomic E-state index is 0.0170. The van der Waals surface area contributed by atoms with Crippen molar-refractivity contribution < 1.29 is 9.13 Å². The molecule has 4 heteroatoms. The fraction of sp³-hybridized carbons (Fsp3) is 0.500. The van der Waals surface area contributed by atoms with Crippen LogP contribution in [0.15, 0.2) is 18.2 Å². The summed E-state index contributed by atoms with van der Waals surface area (Å²) in [5.74, 6) is -0.340. The molecule has 1 N–H and O–H groups in total. The summed E-state index contributed by atoms with van der Waals surface area (Å²) < 4.78 is 18.9. The summed E-state index contributed by atoms with van der Waals surface area (Å²) in [5, 5.41) is 3.28. The Hall–Kier alpha value is -0.640. The Morgan fingerprint density at radius 2 is 2.19 bits per heavy atom. The van der Waals surface area contributed by atoms with Crippen molar-refractivity contribution in [2.24, 2.45) is 0 Å². The van der Waals surface area contributed by atoms with Gasteiger partial charge in [-0.05, 0) is 32.0 Å². The lowest BCUT2D eigenvalue weighted by molar-refractivity contribution is 0.0854. The van der Waals surface area contributed by atoms with Gasteiger partial charge in [-0.3, -0.25) is 0 Å². The number of halogens is 2. The lowest BCUT2D eigenvalue weighted by Crippen LogP contribution is -2.39. The summed E-state index contributed by atoms with van der Waals surface area (Å²) in [6, 6.07) is 5.12. The van der Waals surface area contributed by atoms with Gasteiger partial charge in [0.15, 0.2) is 0 Å². The molecule has 90 valence electrons. The predicted octanol–water partition coefficient (Wildman–Crippen LogP) is 2.64. The first kappa shape index (κ1) is 13.4. The van der Waals surface area contributed by atoms with Crippen molar-refractivity contribution in [1.82, 2.24) is 5.32 Å². The molecule has 0 spiro atoms. The van der Waals surface area contributed by atoms with Gasteiger partial charge in [0.25, 0.3) is 0 Å². The molecule has 2 nitrogen and oxygen atoms in total. The molecule has 0 aliphatic rings. The molecule has 0 aliphatic heterocycles. The van der Waals surface area contributed by atoms with E-state index in [1.165, 1.54) is 0 Å². The van der Waals surface area contributed by atoms with Crippen LogP contribution in [0.3, 0.4) is 0 Å². The van der Waals surface area contributed by atoms with Gasteiger partial charge in [0.1, 0.15) is 5.82 Å². The van der Waals surface area contributed by atoms with E-state index in [4.69, 9.17) is 16.3 Å². The van der Waals surface area contributed by atoms with Crippen LogP contribution in [0.5, 0.6) is 0 Å². The molecule has 0 saturated carbocycles. The van der Waals surface area contributed by atoms with Crippen molar-refractivity contribution in [1.29, 1.82) is 0 Å². The molecule has 2 unspecified atom stereocenters. The number of hydrogen-bond acceptors (Lipinski definition) is 2. The Bertz CT molecular complexity index is 346. The van der Waals surface area contributed by atoms with E-state index in [1.807, 2.05) is 14.0 Å². The van der Waals surface area contributed by atoms with Gasteiger partial charge >= 0.3 is 0 Å². The van der Waals surface area contributed by atoms with E-state index in [1.54, 1.807) is 25.3 Å². The topological polar surface area (TPSA) is 21.3 Å². The minimum atomic E-state index is -0.340. The van der Waals surface area contributed by atoms with Gasteiger partial charge in [-0.15, -0.1) is 0 Å². The van der Waals surface area contributed by atoms with E-state index < -0.39 is 0 Å². The second-order valence-corrected chi connectivity index (χ2v) is 4.16. The van der Waals surface area contributed by atoms with Gasteiger partial charge < -0.3 is 10.1 Å². The maximum atomic E-state index is 13.7. The third kappa shape index (κ3) is 3.17. The standard InChI is InChI=1S/C12H17ClFNO/c1-8(16-3)11(15-2)7-9-5-4-6-10(13)12(9)14/h4-6,8,11,15H,7H2,1-3H3. The Morgan fingerprint density at radius 1 is 1.50 bits per heavy atom. The van der Waals surface area contributed by atoms with Gasteiger partial charge in [-0.1, -0.05) is 23.7 Å². The smallest absolute Gasteiger partial charge is 0.145 e. The largest absolute Gasteiger partial charge is 0.380 e. The molecule has 2 atom stereocenters.